The molecule has 0 fully saturated rings. The van der Waals surface area contributed by atoms with Gasteiger partial charge >= 0.3 is 0 Å². The summed E-state index contributed by atoms with van der Waals surface area (Å²) in [5.74, 6) is 1.04. The number of rotatable bonds is 7. The molecule has 1 aromatic heterocycles. The predicted octanol–water partition coefficient (Wildman–Crippen LogP) is 4.16. The molecule has 1 N–H and O–H groups in total. The van der Waals surface area contributed by atoms with E-state index >= 15 is 0 Å². The van der Waals surface area contributed by atoms with Gasteiger partial charge in [-0.2, -0.15) is 5.10 Å². The van der Waals surface area contributed by atoms with E-state index < -0.39 is 0 Å². The number of anilines is 1. The van der Waals surface area contributed by atoms with Crippen LogP contribution in [-0.4, -0.2) is 30.7 Å². The summed E-state index contributed by atoms with van der Waals surface area (Å²) in [6, 6.07) is 3.51. The molecule has 0 saturated heterocycles. The molecule has 24 heavy (non-hydrogen) atoms. The lowest BCUT2D eigenvalue weighted by molar-refractivity contribution is 0.102. The first-order valence-corrected chi connectivity index (χ1v) is 8.43. The normalized spacial score (nSPS) is 10.9. The summed E-state index contributed by atoms with van der Waals surface area (Å²) >= 11 is 7.46. The molecule has 0 bridgehead atoms. The lowest BCUT2D eigenvalue weighted by Crippen LogP contribution is -1.98. The van der Waals surface area contributed by atoms with E-state index in [0.29, 0.717) is 38.8 Å². The molecule has 0 atom stereocenters. The zero-order valence-corrected chi connectivity index (χ0v) is 15.4. The summed E-state index contributed by atoms with van der Waals surface area (Å²) in [5, 5.41) is 5.12. The Morgan fingerprint density at radius 2 is 2.25 bits per heavy atom. The Balaban J connectivity index is 2.17. The van der Waals surface area contributed by atoms with Gasteiger partial charge in [-0.1, -0.05) is 22.9 Å². The number of benzene rings is 1. The molecule has 0 aliphatic heterocycles. The number of Topliss-reactive ketones (excluding diaryl/α,β-unsaturated/α-hetero) is 1. The van der Waals surface area contributed by atoms with Crippen LogP contribution in [0.5, 0.6) is 11.5 Å². The predicted molar refractivity (Wildman–Crippen MR) is 97.2 cm³/mol. The van der Waals surface area contributed by atoms with Crippen molar-refractivity contribution in [2.75, 3.05) is 19.1 Å². The third-order valence-corrected chi connectivity index (χ3v) is 4.47. The van der Waals surface area contributed by atoms with E-state index in [4.69, 9.17) is 21.1 Å². The average molecular weight is 368 g/mol. The van der Waals surface area contributed by atoms with Crippen LogP contribution < -0.4 is 14.9 Å². The SMILES string of the molecule is CCOc1cc(/C=N\Nc2nc(C)c(C(C)=O)s2)cc(Cl)c1OC. The standard InChI is InChI=1S/C16H18ClN3O3S/c1-5-23-13-7-11(6-12(17)14(13)22-4)8-18-20-16-19-9(2)15(24-16)10(3)21/h6-8H,5H2,1-4H3,(H,19,20)/b18-8-. The van der Waals surface area contributed by atoms with Gasteiger partial charge in [-0.05, 0) is 31.5 Å². The molecule has 2 aromatic rings. The Bertz CT molecular complexity index is 774. The van der Waals surface area contributed by atoms with Crippen LogP contribution in [0.1, 0.15) is 34.8 Å². The van der Waals surface area contributed by atoms with Crippen molar-refractivity contribution >= 4 is 40.1 Å². The number of carbonyl (C=O) groups is 1. The largest absolute Gasteiger partial charge is 0.491 e. The minimum Gasteiger partial charge on any atom is -0.491 e. The molecule has 0 radical (unpaired) electrons. The highest BCUT2D eigenvalue weighted by molar-refractivity contribution is 7.17. The number of hydrogen-bond donors (Lipinski definition) is 1. The summed E-state index contributed by atoms with van der Waals surface area (Å²) in [5.41, 5.74) is 4.26. The maximum Gasteiger partial charge on any atom is 0.204 e. The molecule has 1 aromatic carbocycles. The van der Waals surface area contributed by atoms with Gasteiger partial charge in [0.25, 0.3) is 0 Å². The van der Waals surface area contributed by atoms with Crippen LogP contribution in [-0.2, 0) is 0 Å². The number of hydrogen-bond acceptors (Lipinski definition) is 7. The van der Waals surface area contributed by atoms with Crippen molar-refractivity contribution < 1.29 is 14.3 Å². The van der Waals surface area contributed by atoms with Crippen LogP contribution in [0.15, 0.2) is 17.2 Å². The number of aromatic nitrogens is 1. The lowest BCUT2D eigenvalue weighted by atomic mass is 10.2. The third kappa shape index (κ3) is 4.24. The molecule has 0 aliphatic carbocycles. The van der Waals surface area contributed by atoms with E-state index in [1.165, 1.54) is 25.4 Å². The van der Waals surface area contributed by atoms with E-state index in [0.717, 1.165) is 5.56 Å². The number of ketones is 1. The summed E-state index contributed by atoms with van der Waals surface area (Å²) in [6.45, 7) is 5.69. The van der Waals surface area contributed by atoms with Gasteiger partial charge in [0.2, 0.25) is 5.13 Å². The zero-order valence-electron chi connectivity index (χ0n) is 13.8. The zero-order chi connectivity index (χ0) is 17.7. The van der Waals surface area contributed by atoms with Crippen molar-refractivity contribution in [3.63, 3.8) is 0 Å². The molecule has 0 unspecified atom stereocenters. The smallest absolute Gasteiger partial charge is 0.204 e. The molecule has 0 amide bonds. The van der Waals surface area contributed by atoms with Crippen LogP contribution in [0.2, 0.25) is 5.02 Å². The van der Waals surface area contributed by atoms with Gasteiger partial charge in [-0.15, -0.1) is 0 Å². The molecular weight excluding hydrogens is 350 g/mol. The first kappa shape index (κ1) is 18.2. The highest BCUT2D eigenvalue weighted by Gasteiger charge is 2.12. The summed E-state index contributed by atoms with van der Waals surface area (Å²) < 4.78 is 10.8. The van der Waals surface area contributed by atoms with Crippen molar-refractivity contribution in [2.24, 2.45) is 5.10 Å². The van der Waals surface area contributed by atoms with Crippen LogP contribution in [0.4, 0.5) is 5.13 Å². The van der Waals surface area contributed by atoms with Gasteiger partial charge in [0.05, 0.1) is 35.5 Å². The van der Waals surface area contributed by atoms with Gasteiger partial charge < -0.3 is 9.47 Å². The Hall–Kier alpha value is -2.12. The molecule has 8 heteroatoms. The second kappa shape index (κ2) is 8.12. The van der Waals surface area contributed by atoms with Crippen molar-refractivity contribution in [1.82, 2.24) is 4.98 Å². The van der Waals surface area contributed by atoms with Crippen molar-refractivity contribution in [1.29, 1.82) is 0 Å². The molecule has 0 aliphatic rings. The van der Waals surface area contributed by atoms with E-state index in [2.05, 4.69) is 15.5 Å². The maximum atomic E-state index is 11.4. The Labute approximate surface area is 149 Å². The van der Waals surface area contributed by atoms with Crippen LogP contribution in [0.25, 0.3) is 0 Å². The number of ether oxygens (including phenoxy) is 2. The maximum absolute atomic E-state index is 11.4. The van der Waals surface area contributed by atoms with Crippen molar-refractivity contribution in [3.8, 4) is 11.5 Å². The number of halogens is 1. The second-order valence-corrected chi connectivity index (χ2v) is 6.23. The van der Waals surface area contributed by atoms with Gasteiger partial charge in [0, 0.05) is 6.92 Å². The van der Waals surface area contributed by atoms with Gasteiger partial charge in [0.15, 0.2) is 17.3 Å². The number of thiazole rings is 1. The molecule has 2 rings (SSSR count). The monoisotopic (exact) mass is 367 g/mol. The molecule has 128 valence electrons. The topological polar surface area (TPSA) is 72.8 Å². The minimum atomic E-state index is -0.00896. The van der Waals surface area contributed by atoms with E-state index in [9.17, 15) is 4.79 Å². The molecule has 0 saturated carbocycles. The minimum absolute atomic E-state index is 0.00896. The lowest BCUT2D eigenvalue weighted by Gasteiger charge is -2.11. The fourth-order valence-electron chi connectivity index (χ4n) is 2.06. The molecule has 1 heterocycles. The highest BCUT2D eigenvalue weighted by atomic mass is 35.5. The van der Waals surface area contributed by atoms with E-state index in [1.807, 2.05) is 6.92 Å². The number of aryl methyl sites for hydroxylation is 1. The Morgan fingerprint density at radius 3 is 2.83 bits per heavy atom. The van der Waals surface area contributed by atoms with E-state index in [-0.39, 0.29) is 5.78 Å². The number of nitrogens with zero attached hydrogens (tertiary/aromatic N) is 2. The number of nitrogens with one attached hydrogen (secondary N) is 1. The van der Waals surface area contributed by atoms with Crippen LogP contribution in [0.3, 0.4) is 0 Å². The average Bonchev–Trinajstić information content (AvgIpc) is 2.88. The fourth-order valence-corrected chi connectivity index (χ4v) is 3.16. The van der Waals surface area contributed by atoms with Crippen LogP contribution >= 0.6 is 22.9 Å². The first-order valence-electron chi connectivity index (χ1n) is 7.24. The fraction of sp³-hybridized carbons (Fsp3) is 0.312. The second-order valence-electron chi connectivity index (χ2n) is 4.83. The quantitative estimate of drug-likeness (QED) is 0.452. The van der Waals surface area contributed by atoms with Crippen molar-refractivity contribution in [2.45, 2.75) is 20.8 Å². The highest BCUT2D eigenvalue weighted by Crippen LogP contribution is 2.35. The number of methoxy groups -OCH3 is 1. The Morgan fingerprint density at radius 1 is 1.50 bits per heavy atom. The summed E-state index contributed by atoms with van der Waals surface area (Å²) in [7, 11) is 1.54. The molecule has 0 spiro atoms. The Kier molecular flexibility index (Phi) is 6.16. The summed E-state index contributed by atoms with van der Waals surface area (Å²) in [4.78, 5) is 16.3. The first-order chi connectivity index (χ1) is 11.5. The van der Waals surface area contributed by atoms with Crippen molar-refractivity contribution in [3.05, 3.63) is 33.3 Å². The van der Waals surface area contributed by atoms with Gasteiger partial charge in [0.1, 0.15) is 0 Å². The van der Waals surface area contributed by atoms with Crippen LogP contribution in [0, 0.1) is 6.92 Å². The number of hydrazone groups is 1. The van der Waals surface area contributed by atoms with E-state index in [1.54, 1.807) is 25.3 Å². The molecular formula is C16H18ClN3O3S. The van der Waals surface area contributed by atoms with Gasteiger partial charge in [-0.3, -0.25) is 10.2 Å². The third-order valence-electron chi connectivity index (χ3n) is 3.03. The van der Waals surface area contributed by atoms with Gasteiger partial charge in [-0.25, -0.2) is 4.98 Å². The number of carbonyl (C=O) groups excluding carboxylic acids is 1. The summed E-state index contributed by atoms with van der Waals surface area (Å²) in [6.07, 6.45) is 1.60. The molecule has 6 nitrogen and oxygen atoms in total.